The van der Waals surface area contributed by atoms with Crippen LogP contribution < -0.4 is 13.7 Å². The summed E-state index contributed by atoms with van der Waals surface area (Å²) in [4.78, 5) is 22.7. The number of phenols is 1. The zero-order valence-electron chi connectivity index (χ0n) is 26.9. The topological polar surface area (TPSA) is 153 Å². The minimum atomic E-state index is -5.83. The first-order chi connectivity index (χ1) is 22.3. The maximum atomic E-state index is 12.5. The first-order valence-electron chi connectivity index (χ1n) is 14.8. The molecule has 1 N–H and O–H groups in total. The van der Waals surface area contributed by atoms with Crippen LogP contribution in [0.1, 0.15) is 50.7 Å². The van der Waals surface area contributed by atoms with E-state index in [9.17, 15) is 36.3 Å². The molecule has 0 amide bonds. The van der Waals surface area contributed by atoms with Crippen molar-refractivity contribution in [2.45, 2.75) is 57.9 Å². The molecule has 0 radical (unpaired) electrons. The molecule has 0 spiro atoms. The number of hydrogen-bond donors (Lipinski definition) is 1. The highest BCUT2D eigenvalue weighted by Gasteiger charge is 2.49. The van der Waals surface area contributed by atoms with Crippen molar-refractivity contribution in [2.24, 2.45) is 0 Å². The van der Waals surface area contributed by atoms with Gasteiger partial charge in [-0.25, -0.2) is 0 Å². The molecule has 0 aliphatic rings. The van der Waals surface area contributed by atoms with Gasteiger partial charge in [-0.05, 0) is 62.1 Å². The summed E-state index contributed by atoms with van der Waals surface area (Å²) in [5.41, 5.74) is -4.10. The van der Waals surface area contributed by atoms with Crippen LogP contribution in [0, 0.1) is 0 Å². The molecule has 0 unspecified atom stereocenters. The standard InChI is InChI=1S/C16H21F3O7S.C15H22O5/c1-3-24-15(20)8-6-12-5-7-13(26-27(21,22)16(17,18)19)14(11-12)25-10-4-9-23-2;1-3-19-15(17)8-6-12-5-7-13(16)14(11-12)20-10-4-9-18-2/h5,7,11H,3-4,6,8-10H2,1-2H3;5,7,11,16H,3-4,6,8-10H2,1-2H3. The average molecular weight is 697 g/mol. The molecule has 2 aromatic rings. The van der Waals surface area contributed by atoms with Crippen molar-refractivity contribution in [3.63, 3.8) is 0 Å². The van der Waals surface area contributed by atoms with E-state index < -0.39 is 27.3 Å². The third-order valence-electron chi connectivity index (χ3n) is 5.86. The molecule has 0 aliphatic heterocycles. The van der Waals surface area contributed by atoms with E-state index in [2.05, 4.69) is 4.18 Å². The largest absolute Gasteiger partial charge is 0.534 e. The molecular weight excluding hydrogens is 653 g/mol. The Balaban J connectivity index is 0.000000491. The quantitative estimate of drug-likeness (QED) is 0.0845. The number of esters is 2. The van der Waals surface area contributed by atoms with E-state index in [4.69, 9.17) is 28.4 Å². The molecule has 0 atom stereocenters. The summed E-state index contributed by atoms with van der Waals surface area (Å²) in [7, 11) is -2.73. The molecule has 0 saturated heterocycles. The Morgan fingerprint density at radius 3 is 1.66 bits per heavy atom. The predicted octanol–water partition coefficient (Wildman–Crippen LogP) is 5.13. The van der Waals surface area contributed by atoms with Gasteiger partial charge in [-0.15, -0.1) is 0 Å². The van der Waals surface area contributed by atoms with Gasteiger partial charge in [-0.2, -0.15) is 21.6 Å². The molecule has 0 fully saturated rings. The predicted molar refractivity (Wildman–Crippen MR) is 164 cm³/mol. The normalized spacial score (nSPS) is 11.2. The van der Waals surface area contributed by atoms with Gasteiger partial charge in [0.25, 0.3) is 0 Å². The molecule has 47 heavy (non-hydrogen) atoms. The Morgan fingerprint density at radius 2 is 1.19 bits per heavy atom. The van der Waals surface area contributed by atoms with E-state index in [-0.39, 0.29) is 43.5 Å². The van der Waals surface area contributed by atoms with Crippen LogP contribution in [0.15, 0.2) is 36.4 Å². The maximum Gasteiger partial charge on any atom is 0.534 e. The number of carbonyl (C=O) groups excluding carboxylic acids is 2. The number of benzene rings is 2. The van der Waals surface area contributed by atoms with Crippen LogP contribution in [-0.4, -0.2) is 84.8 Å². The molecule has 2 aromatic carbocycles. The van der Waals surface area contributed by atoms with Gasteiger partial charge >= 0.3 is 27.6 Å². The van der Waals surface area contributed by atoms with Crippen molar-refractivity contribution in [3.8, 4) is 23.0 Å². The second-order valence-electron chi connectivity index (χ2n) is 9.57. The summed E-state index contributed by atoms with van der Waals surface area (Å²) in [6, 6.07) is 8.83. The average Bonchev–Trinajstić information content (AvgIpc) is 3.01. The summed E-state index contributed by atoms with van der Waals surface area (Å²) in [6.45, 7) is 5.57. The van der Waals surface area contributed by atoms with Gasteiger partial charge in [0.15, 0.2) is 23.0 Å². The van der Waals surface area contributed by atoms with Crippen LogP contribution in [0.5, 0.6) is 23.0 Å². The summed E-state index contributed by atoms with van der Waals surface area (Å²) in [6.07, 6.45) is 2.35. The SMILES string of the molecule is CCOC(=O)CCc1ccc(O)c(OCCCOC)c1.CCOC(=O)CCc1ccc(OS(=O)(=O)C(F)(F)F)c(OCCCOC)c1. The van der Waals surface area contributed by atoms with Crippen molar-refractivity contribution >= 4 is 22.1 Å². The molecule has 266 valence electrons. The summed E-state index contributed by atoms with van der Waals surface area (Å²) in [5.74, 6) is -0.891. The lowest BCUT2D eigenvalue weighted by atomic mass is 10.1. The lowest BCUT2D eigenvalue weighted by Crippen LogP contribution is -2.28. The fourth-order valence-electron chi connectivity index (χ4n) is 3.61. The highest BCUT2D eigenvalue weighted by molar-refractivity contribution is 7.88. The highest BCUT2D eigenvalue weighted by atomic mass is 32.2. The Labute approximate surface area is 273 Å². The van der Waals surface area contributed by atoms with Crippen molar-refractivity contribution in [1.82, 2.24) is 0 Å². The minimum absolute atomic E-state index is 0.0536. The molecule has 16 heteroatoms. The number of ether oxygens (including phenoxy) is 6. The summed E-state index contributed by atoms with van der Waals surface area (Å²) in [5, 5.41) is 9.71. The Kier molecular flexibility index (Phi) is 19.2. The summed E-state index contributed by atoms with van der Waals surface area (Å²) >= 11 is 0. The number of halogens is 3. The van der Waals surface area contributed by atoms with Gasteiger partial charge in [-0.3, -0.25) is 9.59 Å². The second kappa shape index (κ2) is 21.9. The number of methoxy groups -OCH3 is 2. The molecular formula is C31H43F3O12S. The van der Waals surface area contributed by atoms with Crippen LogP contribution in [0.3, 0.4) is 0 Å². The Hall–Kier alpha value is -3.76. The molecule has 0 heterocycles. The van der Waals surface area contributed by atoms with E-state index in [0.717, 1.165) is 18.1 Å². The zero-order valence-corrected chi connectivity index (χ0v) is 27.7. The first kappa shape index (κ1) is 41.3. The third kappa shape index (κ3) is 16.6. The maximum absolute atomic E-state index is 12.5. The van der Waals surface area contributed by atoms with Crippen LogP contribution in [-0.2, 0) is 51.5 Å². The van der Waals surface area contributed by atoms with E-state index in [1.54, 1.807) is 39.2 Å². The molecule has 0 aromatic heterocycles. The third-order valence-corrected chi connectivity index (χ3v) is 6.83. The van der Waals surface area contributed by atoms with Crippen LogP contribution in [0.25, 0.3) is 0 Å². The van der Waals surface area contributed by atoms with Gasteiger partial charge in [0.05, 0.1) is 26.4 Å². The number of phenolic OH excluding ortho intramolecular Hbond substituents is 1. The van der Waals surface area contributed by atoms with Crippen molar-refractivity contribution in [1.29, 1.82) is 0 Å². The lowest BCUT2D eigenvalue weighted by Gasteiger charge is -2.15. The van der Waals surface area contributed by atoms with Gasteiger partial charge in [-0.1, -0.05) is 12.1 Å². The number of rotatable bonds is 20. The van der Waals surface area contributed by atoms with E-state index in [0.29, 0.717) is 57.0 Å². The highest BCUT2D eigenvalue weighted by Crippen LogP contribution is 2.34. The number of aryl methyl sites for hydroxylation is 2. The smallest absolute Gasteiger partial charge is 0.504 e. The summed E-state index contributed by atoms with van der Waals surface area (Å²) < 4.78 is 94.5. The molecule has 12 nitrogen and oxygen atoms in total. The van der Waals surface area contributed by atoms with Gasteiger partial charge < -0.3 is 37.7 Å². The number of hydrogen-bond acceptors (Lipinski definition) is 12. The zero-order chi connectivity index (χ0) is 35.3. The molecule has 0 aliphatic carbocycles. The van der Waals surface area contributed by atoms with Crippen LogP contribution >= 0.6 is 0 Å². The molecule has 0 saturated carbocycles. The fourth-order valence-corrected chi connectivity index (χ4v) is 4.08. The van der Waals surface area contributed by atoms with Gasteiger partial charge in [0.2, 0.25) is 0 Å². The minimum Gasteiger partial charge on any atom is -0.504 e. The first-order valence-corrected chi connectivity index (χ1v) is 16.2. The molecule has 2 rings (SSSR count). The van der Waals surface area contributed by atoms with E-state index in [1.165, 1.54) is 19.2 Å². The van der Waals surface area contributed by atoms with Crippen LogP contribution in [0.4, 0.5) is 13.2 Å². The van der Waals surface area contributed by atoms with Gasteiger partial charge in [0, 0.05) is 53.1 Å². The van der Waals surface area contributed by atoms with E-state index >= 15 is 0 Å². The van der Waals surface area contributed by atoms with Crippen molar-refractivity contribution < 1.29 is 68.9 Å². The molecule has 0 bridgehead atoms. The van der Waals surface area contributed by atoms with Crippen molar-refractivity contribution in [3.05, 3.63) is 47.5 Å². The second-order valence-corrected chi connectivity index (χ2v) is 11.1. The van der Waals surface area contributed by atoms with Crippen molar-refractivity contribution in [2.75, 3.05) is 53.9 Å². The lowest BCUT2D eigenvalue weighted by molar-refractivity contribution is -0.144. The monoisotopic (exact) mass is 696 g/mol. The Bertz CT molecular complexity index is 1330. The number of carbonyl (C=O) groups is 2. The number of alkyl halides is 3. The Morgan fingerprint density at radius 1 is 0.723 bits per heavy atom. The number of aromatic hydroxyl groups is 1. The van der Waals surface area contributed by atoms with Gasteiger partial charge in [0.1, 0.15) is 0 Å². The van der Waals surface area contributed by atoms with Crippen LogP contribution in [0.2, 0.25) is 0 Å². The fraction of sp³-hybridized carbons (Fsp3) is 0.548. The van der Waals surface area contributed by atoms with E-state index in [1.807, 2.05) is 0 Å².